The highest BCUT2D eigenvalue weighted by molar-refractivity contribution is 5.90. The van der Waals surface area contributed by atoms with Crippen molar-refractivity contribution in [1.29, 1.82) is 0 Å². The molecule has 2 fully saturated rings. The number of anilines is 1. The number of amides is 2. The van der Waals surface area contributed by atoms with E-state index in [1.54, 1.807) is 6.21 Å². The molecule has 4 atom stereocenters. The van der Waals surface area contributed by atoms with Crippen LogP contribution in [0.1, 0.15) is 41.4 Å². The van der Waals surface area contributed by atoms with Crippen LogP contribution in [0.15, 0.2) is 35.6 Å². The first kappa shape index (κ1) is 20.5. The van der Waals surface area contributed by atoms with Crippen LogP contribution >= 0.6 is 0 Å². The van der Waals surface area contributed by atoms with Crippen molar-refractivity contribution in [3.8, 4) is 0 Å². The van der Waals surface area contributed by atoms with E-state index in [1.165, 1.54) is 17.3 Å². The number of hydrogen-bond acceptors (Lipinski definition) is 6. The second-order valence-corrected chi connectivity index (χ2v) is 8.60. The smallest absolute Gasteiger partial charge is 0.267 e. The number of fused-ring (bicyclic) bond motifs is 1. The van der Waals surface area contributed by atoms with Gasteiger partial charge in [-0.05, 0) is 48.9 Å². The summed E-state index contributed by atoms with van der Waals surface area (Å²) in [6, 6.07) is 4.13. The molecular formula is C22H22F2N6O2. The number of aromatic nitrogens is 2. The molecule has 32 heavy (non-hydrogen) atoms. The number of nitrogens with two attached hydrogens (primary N) is 1. The second-order valence-electron chi connectivity index (χ2n) is 8.60. The third-order valence-electron chi connectivity index (χ3n) is 6.65. The topological polar surface area (TPSA) is 105 Å². The number of carbonyl (C=O) groups is 2. The number of hydrazone groups is 1. The molecule has 1 unspecified atom stereocenters. The van der Waals surface area contributed by atoms with Gasteiger partial charge in [-0.25, -0.2) is 23.8 Å². The van der Waals surface area contributed by atoms with Gasteiger partial charge in [0.15, 0.2) is 0 Å². The maximum absolute atomic E-state index is 14.3. The Bertz CT molecular complexity index is 1100. The molecule has 2 aromatic rings. The lowest BCUT2D eigenvalue weighted by atomic mass is 10.00. The van der Waals surface area contributed by atoms with Crippen molar-refractivity contribution in [2.45, 2.75) is 25.3 Å². The van der Waals surface area contributed by atoms with E-state index in [4.69, 9.17) is 5.73 Å². The summed E-state index contributed by atoms with van der Waals surface area (Å²) in [4.78, 5) is 35.1. The average Bonchev–Trinajstić information content (AvgIpc) is 3.50. The van der Waals surface area contributed by atoms with Gasteiger partial charge in [0, 0.05) is 43.4 Å². The van der Waals surface area contributed by atoms with Crippen LogP contribution in [-0.2, 0) is 4.79 Å². The number of rotatable bonds is 4. The Morgan fingerprint density at radius 3 is 2.56 bits per heavy atom. The SMILES string of the molecule is NC(=O)c1ccnc(N2C[C@H]3CC(C(=O)N4N=CC[C@@H]4c4cc(F)ccc4F)C[C@H]3C2)n1. The molecule has 1 aromatic carbocycles. The molecule has 2 amide bonds. The van der Waals surface area contributed by atoms with Crippen LogP contribution in [0, 0.1) is 29.4 Å². The molecule has 1 aliphatic carbocycles. The zero-order valence-corrected chi connectivity index (χ0v) is 17.2. The summed E-state index contributed by atoms with van der Waals surface area (Å²) in [5, 5.41) is 5.51. The number of carbonyl (C=O) groups excluding carboxylic acids is 2. The summed E-state index contributed by atoms with van der Waals surface area (Å²) >= 11 is 0. The van der Waals surface area contributed by atoms with E-state index in [-0.39, 0.29) is 34.9 Å². The monoisotopic (exact) mass is 440 g/mol. The number of benzene rings is 1. The molecule has 0 bridgehead atoms. The predicted molar refractivity (Wildman–Crippen MR) is 112 cm³/mol. The third kappa shape index (κ3) is 3.59. The molecule has 1 saturated heterocycles. The molecule has 3 heterocycles. The van der Waals surface area contributed by atoms with Crippen molar-refractivity contribution in [2.75, 3.05) is 18.0 Å². The summed E-state index contributed by atoms with van der Waals surface area (Å²) in [6.07, 6.45) is 4.81. The van der Waals surface area contributed by atoms with E-state index in [9.17, 15) is 18.4 Å². The molecule has 10 heteroatoms. The zero-order valence-electron chi connectivity index (χ0n) is 17.2. The molecule has 2 N–H and O–H groups in total. The molecule has 1 aromatic heterocycles. The lowest BCUT2D eigenvalue weighted by Gasteiger charge is -2.26. The van der Waals surface area contributed by atoms with Crippen molar-refractivity contribution in [3.05, 3.63) is 53.4 Å². The van der Waals surface area contributed by atoms with Crippen molar-refractivity contribution in [2.24, 2.45) is 28.6 Å². The summed E-state index contributed by atoms with van der Waals surface area (Å²) in [7, 11) is 0. The first-order valence-corrected chi connectivity index (χ1v) is 10.6. The van der Waals surface area contributed by atoms with Crippen LogP contribution < -0.4 is 10.6 Å². The van der Waals surface area contributed by atoms with Gasteiger partial charge in [-0.15, -0.1) is 0 Å². The Morgan fingerprint density at radius 2 is 1.84 bits per heavy atom. The van der Waals surface area contributed by atoms with Crippen LogP contribution in [0.25, 0.3) is 0 Å². The summed E-state index contributed by atoms with van der Waals surface area (Å²) < 4.78 is 28.0. The number of halogens is 2. The molecule has 166 valence electrons. The summed E-state index contributed by atoms with van der Waals surface area (Å²) in [5.74, 6) is -1.05. The van der Waals surface area contributed by atoms with E-state index in [0.29, 0.717) is 38.3 Å². The number of hydrogen-bond donors (Lipinski definition) is 1. The predicted octanol–water partition coefficient (Wildman–Crippen LogP) is 2.28. The van der Waals surface area contributed by atoms with Crippen molar-refractivity contribution >= 4 is 24.0 Å². The largest absolute Gasteiger partial charge is 0.364 e. The minimum Gasteiger partial charge on any atom is -0.364 e. The van der Waals surface area contributed by atoms with Crippen molar-refractivity contribution < 1.29 is 18.4 Å². The average molecular weight is 440 g/mol. The van der Waals surface area contributed by atoms with Gasteiger partial charge >= 0.3 is 0 Å². The molecule has 2 aliphatic heterocycles. The fourth-order valence-corrected chi connectivity index (χ4v) is 5.14. The zero-order chi connectivity index (χ0) is 22.4. The summed E-state index contributed by atoms with van der Waals surface area (Å²) in [6.45, 7) is 1.36. The fraction of sp³-hybridized carbons (Fsp3) is 0.409. The standard InChI is InChI=1S/C22H22F2N6O2/c23-15-1-2-17(24)16(9-15)19-4-6-27-30(19)21(32)12-7-13-10-29(11-14(13)8-12)22-26-5-3-18(28-22)20(25)31/h1-3,5-6,9,12-14,19H,4,7-8,10-11H2,(H2,25,31)/t12?,13-,14+,19-/m1/s1. The van der Waals surface area contributed by atoms with Crippen LogP contribution in [0.3, 0.4) is 0 Å². The van der Waals surface area contributed by atoms with Crippen molar-refractivity contribution in [3.63, 3.8) is 0 Å². The quantitative estimate of drug-likeness (QED) is 0.785. The highest BCUT2D eigenvalue weighted by atomic mass is 19.1. The molecule has 1 saturated carbocycles. The van der Waals surface area contributed by atoms with E-state index < -0.39 is 23.6 Å². The van der Waals surface area contributed by atoms with Gasteiger partial charge in [0.25, 0.3) is 5.91 Å². The lowest BCUT2D eigenvalue weighted by molar-refractivity contribution is -0.137. The molecule has 3 aliphatic rings. The van der Waals surface area contributed by atoms with Gasteiger partial charge in [-0.1, -0.05) is 0 Å². The van der Waals surface area contributed by atoms with Gasteiger partial charge in [0.05, 0.1) is 6.04 Å². The van der Waals surface area contributed by atoms with E-state index in [2.05, 4.69) is 15.1 Å². The minimum atomic E-state index is -0.625. The number of primary amides is 1. The molecule has 0 spiro atoms. The van der Waals surface area contributed by atoms with Crippen LogP contribution in [0.5, 0.6) is 0 Å². The van der Waals surface area contributed by atoms with E-state index in [0.717, 1.165) is 18.2 Å². The highest BCUT2D eigenvalue weighted by Gasteiger charge is 2.46. The molecule has 0 radical (unpaired) electrons. The Balaban J connectivity index is 1.26. The van der Waals surface area contributed by atoms with Crippen molar-refractivity contribution in [1.82, 2.24) is 15.0 Å². The normalized spacial score (nSPS) is 26.6. The van der Waals surface area contributed by atoms with Gasteiger partial charge in [-0.3, -0.25) is 9.59 Å². The highest BCUT2D eigenvalue weighted by Crippen LogP contribution is 2.44. The maximum atomic E-state index is 14.3. The third-order valence-corrected chi connectivity index (χ3v) is 6.65. The Hall–Kier alpha value is -3.43. The maximum Gasteiger partial charge on any atom is 0.267 e. The van der Waals surface area contributed by atoms with Crippen LogP contribution in [0.2, 0.25) is 0 Å². The first-order chi connectivity index (χ1) is 15.4. The Kier molecular flexibility index (Phi) is 5.07. The number of nitrogens with zero attached hydrogens (tertiary/aromatic N) is 5. The van der Waals surface area contributed by atoms with Gasteiger partial charge in [0.2, 0.25) is 11.9 Å². The minimum absolute atomic E-state index is 0.145. The van der Waals surface area contributed by atoms with E-state index >= 15 is 0 Å². The molecular weight excluding hydrogens is 418 g/mol. The van der Waals surface area contributed by atoms with Gasteiger partial charge in [0.1, 0.15) is 17.3 Å². The van der Waals surface area contributed by atoms with E-state index in [1.807, 2.05) is 4.90 Å². The second kappa shape index (κ2) is 7.92. The first-order valence-electron chi connectivity index (χ1n) is 10.6. The fourth-order valence-electron chi connectivity index (χ4n) is 5.14. The van der Waals surface area contributed by atoms with Gasteiger partial charge in [-0.2, -0.15) is 5.10 Å². The Labute approximate surface area is 183 Å². The van der Waals surface area contributed by atoms with Gasteiger partial charge < -0.3 is 10.6 Å². The summed E-state index contributed by atoms with van der Waals surface area (Å²) in [5.41, 5.74) is 5.62. The Morgan fingerprint density at radius 1 is 1.09 bits per heavy atom. The van der Waals surface area contributed by atoms with Crippen LogP contribution in [-0.4, -0.2) is 46.1 Å². The molecule has 5 rings (SSSR count). The van der Waals surface area contributed by atoms with Crippen LogP contribution in [0.4, 0.5) is 14.7 Å². The lowest BCUT2D eigenvalue weighted by Crippen LogP contribution is -2.33. The molecule has 8 nitrogen and oxygen atoms in total.